The summed E-state index contributed by atoms with van der Waals surface area (Å²) in [7, 11) is -1.70. The van der Waals surface area contributed by atoms with Gasteiger partial charge >= 0.3 is 0 Å². The highest BCUT2D eigenvalue weighted by molar-refractivity contribution is 6.90. The molecule has 0 atom stereocenters. The van der Waals surface area contributed by atoms with Crippen LogP contribution in [-0.2, 0) is 10.8 Å². The molecule has 302 valence electrons. The largest absolute Gasteiger partial charge is 0.507 e. The predicted molar refractivity (Wildman–Crippen MR) is 254 cm³/mol. The van der Waals surface area contributed by atoms with Crippen molar-refractivity contribution in [3.05, 3.63) is 137 Å². The van der Waals surface area contributed by atoms with Gasteiger partial charge in [-0.2, -0.15) is 0 Å². The number of hydrogen-bond donors (Lipinski definition) is 1. The Morgan fingerprint density at radius 3 is 2.10 bits per heavy atom. The van der Waals surface area contributed by atoms with Crippen molar-refractivity contribution in [2.24, 2.45) is 0 Å². The first-order chi connectivity index (χ1) is 28.3. The van der Waals surface area contributed by atoms with Gasteiger partial charge in [-0.15, -0.1) is 0 Å². The lowest BCUT2D eigenvalue weighted by molar-refractivity contribution is 0.446. The number of phenolic OH excluding ortho intramolecular Hbond substituents is 1. The van der Waals surface area contributed by atoms with E-state index in [1.54, 1.807) is 0 Å². The SMILES string of the molecule is Cc1cc(C)c(-n2c(-c3cc(C(C)(C)C)cc(C(C)(C)C)c3O)nc3c(-c4cc(C)c5c(c4)-c4ncc([Si](C)(C)C)c6cccc(c46)O5)cccc32)c(-c2ccccc2)c1. The Morgan fingerprint density at radius 2 is 1.40 bits per heavy atom. The van der Waals surface area contributed by atoms with Crippen LogP contribution in [0.2, 0.25) is 19.6 Å². The molecule has 3 heterocycles. The average Bonchev–Trinajstić information content (AvgIpc) is 3.56. The summed E-state index contributed by atoms with van der Waals surface area (Å²) in [5.41, 5.74) is 14.7. The van der Waals surface area contributed by atoms with Gasteiger partial charge in [0.25, 0.3) is 0 Å². The fourth-order valence-corrected chi connectivity index (χ4v) is 10.6. The molecule has 2 aromatic heterocycles. The van der Waals surface area contributed by atoms with Crippen LogP contribution in [0.25, 0.3) is 72.4 Å². The maximum Gasteiger partial charge on any atom is 0.149 e. The molecule has 6 heteroatoms. The molecule has 0 fully saturated rings. The van der Waals surface area contributed by atoms with Gasteiger partial charge in [0, 0.05) is 28.5 Å². The summed E-state index contributed by atoms with van der Waals surface area (Å²) in [6.07, 6.45) is 2.11. The van der Waals surface area contributed by atoms with Crippen LogP contribution in [0.15, 0.2) is 109 Å². The van der Waals surface area contributed by atoms with E-state index in [-0.39, 0.29) is 16.6 Å². The van der Waals surface area contributed by atoms with E-state index in [0.29, 0.717) is 11.4 Å². The molecule has 6 aromatic carbocycles. The molecule has 0 unspecified atom stereocenters. The zero-order chi connectivity index (χ0) is 42.6. The predicted octanol–water partition coefficient (Wildman–Crippen LogP) is 14.1. The van der Waals surface area contributed by atoms with E-state index >= 15 is 0 Å². The number of benzene rings is 6. The number of aromatic hydroxyl groups is 1. The molecule has 9 rings (SSSR count). The molecule has 0 aliphatic carbocycles. The Kier molecular flexibility index (Phi) is 9.07. The standard InChI is InChI=1S/C54H55N3O2Si/c1-31-24-32(2)49(39(25-31)34-18-14-13-15-19-34)57-43-22-16-20-37(47(43)56-52(57)41-28-36(53(4,5)6)29-42(50(41)58)54(7,8)9)35-26-33(3)51-40(27-35)48-46-38(21-17-23-44(46)59-51)45(30-55-48)60(10,11)12/h13-30,58H,1-12H3. The van der Waals surface area contributed by atoms with E-state index < -0.39 is 8.07 Å². The third kappa shape index (κ3) is 6.44. The second-order valence-electron chi connectivity index (χ2n) is 19.9. The molecule has 0 bridgehead atoms. The van der Waals surface area contributed by atoms with Crippen molar-refractivity contribution in [1.29, 1.82) is 0 Å². The zero-order valence-corrected chi connectivity index (χ0v) is 38.1. The number of nitrogens with zero attached hydrogens (tertiary/aromatic N) is 3. The number of rotatable bonds is 5. The van der Waals surface area contributed by atoms with Crippen LogP contribution in [0.5, 0.6) is 17.2 Å². The van der Waals surface area contributed by atoms with Crippen molar-refractivity contribution in [3.63, 3.8) is 0 Å². The number of ether oxygens (including phenoxy) is 1. The molecule has 1 N–H and O–H groups in total. The first-order valence-corrected chi connectivity index (χ1v) is 24.6. The molecule has 1 aliphatic rings. The van der Waals surface area contributed by atoms with E-state index in [0.717, 1.165) is 89.4 Å². The number of imidazole rings is 1. The number of para-hydroxylation sites is 1. The third-order valence-electron chi connectivity index (χ3n) is 12.2. The van der Waals surface area contributed by atoms with Crippen LogP contribution in [0.3, 0.4) is 0 Å². The van der Waals surface area contributed by atoms with Gasteiger partial charge < -0.3 is 9.84 Å². The Labute approximate surface area is 355 Å². The lowest BCUT2D eigenvalue weighted by atomic mass is 9.79. The quantitative estimate of drug-likeness (QED) is 0.176. The smallest absolute Gasteiger partial charge is 0.149 e. The van der Waals surface area contributed by atoms with Gasteiger partial charge in [0.2, 0.25) is 0 Å². The molecule has 0 saturated heterocycles. The first kappa shape index (κ1) is 39.5. The van der Waals surface area contributed by atoms with E-state index in [9.17, 15) is 5.11 Å². The van der Waals surface area contributed by atoms with Crippen LogP contribution >= 0.6 is 0 Å². The van der Waals surface area contributed by atoms with E-state index in [2.05, 4.69) is 196 Å². The monoisotopic (exact) mass is 805 g/mol. The number of aryl methyl sites for hydroxylation is 3. The van der Waals surface area contributed by atoms with Crippen LogP contribution in [0, 0.1) is 20.8 Å². The molecule has 8 aromatic rings. The lowest BCUT2D eigenvalue weighted by Gasteiger charge is -2.28. The van der Waals surface area contributed by atoms with Crippen LogP contribution < -0.4 is 9.92 Å². The van der Waals surface area contributed by atoms with Gasteiger partial charge in [0.1, 0.15) is 23.1 Å². The zero-order valence-electron chi connectivity index (χ0n) is 37.1. The summed E-state index contributed by atoms with van der Waals surface area (Å²) in [5, 5.41) is 16.1. The summed E-state index contributed by atoms with van der Waals surface area (Å²) >= 11 is 0. The first-order valence-electron chi connectivity index (χ1n) is 21.1. The number of pyridine rings is 1. The van der Waals surface area contributed by atoms with Crippen molar-refractivity contribution >= 4 is 35.1 Å². The highest BCUT2D eigenvalue weighted by Crippen LogP contribution is 2.50. The molecule has 60 heavy (non-hydrogen) atoms. The summed E-state index contributed by atoms with van der Waals surface area (Å²) < 4.78 is 9.06. The summed E-state index contributed by atoms with van der Waals surface area (Å²) in [4.78, 5) is 10.9. The number of hydrogen-bond acceptors (Lipinski definition) is 4. The molecular formula is C54H55N3O2Si. The fraction of sp³-hybridized carbons (Fsp3) is 0.259. The van der Waals surface area contributed by atoms with Crippen molar-refractivity contribution in [1.82, 2.24) is 14.5 Å². The Balaban J connectivity index is 1.37. The van der Waals surface area contributed by atoms with Gasteiger partial charge in [0.05, 0.1) is 41.4 Å². The van der Waals surface area contributed by atoms with Crippen LogP contribution in [-0.4, -0.2) is 27.7 Å². The van der Waals surface area contributed by atoms with Gasteiger partial charge in [-0.05, 0) is 106 Å². The maximum atomic E-state index is 12.5. The highest BCUT2D eigenvalue weighted by atomic mass is 28.3. The molecule has 5 nitrogen and oxygen atoms in total. The Hall–Kier alpha value is -5.98. The van der Waals surface area contributed by atoms with E-state index in [1.165, 1.54) is 16.1 Å². The third-order valence-corrected chi connectivity index (χ3v) is 14.2. The maximum absolute atomic E-state index is 12.5. The van der Waals surface area contributed by atoms with E-state index in [4.69, 9.17) is 14.7 Å². The van der Waals surface area contributed by atoms with Crippen LogP contribution in [0.1, 0.15) is 69.4 Å². The minimum absolute atomic E-state index is 0.173. The number of phenols is 1. The second-order valence-corrected chi connectivity index (χ2v) is 25.0. The Morgan fingerprint density at radius 1 is 0.667 bits per heavy atom. The molecule has 0 radical (unpaired) electrons. The normalized spacial score (nSPS) is 12.9. The van der Waals surface area contributed by atoms with Gasteiger partial charge in [0.15, 0.2) is 0 Å². The summed E-state index contributed by atoms with van der Waals surface area (Å²) in [6, 6.07) is 36.8. The molecule has 1 aliphatic heterocycles. The topological polar surface area (TPSA) is 60.2 Å². The van der Waals surface area contributed by atoms with Gasteiger partial charge in [-0.1, -0.05) is 133 Å². The van der Waals surface area contributed by atoms with Gasteiger partial charge in [-0.25, -0.2) is 4.98 Å². The second kappa shape index (κ2) is 13.8. The molecule has 0 spiro atoms. The minimum Gasteiger partial charge on any atom is -0.507 e. The molecule has 0 amide bonds. The van der Waals surface area contributed by atoms with Crippen molar-refractivity contribution in [2.75, 3.05) is 0 Å². The van der Waals surface area contributed by atoms with E-state index in [1.807, 2.05) is 0 Å². The average molecular weight is 806 g/mol. The fourth-order valence-electron chi connectivity index (χ4n) is 9.14. The van der Waals surface area contributed by atoms with Crippen molar-refractivity contribution in [3.8, 4) is 67.8 Å². The Bertz CT molecular complexity index is 3050. The summed E-state index contributed by atoms with van der Waals surface area (Å²) in [5.74, 6) is 2.66. The lowest BCUT2D eigenvalue weighted by Crippen LogP contribution is -2.38. The summed E-state index contributed by atoms with van der Waals surface area (Å²) in [6.45, 7) is 26.8. The van der Waals surface area contributed by atoms with Crippen molar-refractivity contribution in [2.45, 2.75) is 92.8 Å². The van der Waals surface area contributed by atoms with Crippen LogP contribution in [0.4, 0.5) is 0 Å². The number of aromatic nitrogens is 3. The molecular weight excluding hydrogens is 751 g/mol. The van der Waals surface area contributed by atoms with Crippen molar-refractivity contribution < 1.29 is 9.84 Å². The minimum atomic E-state index is -1.70. The number of fused-ring (bicyclic) bond motifs is 3. The highest BCUT2D eigenvalue weighted by Gasteiger charge is 2.31. The molecule has 0 saturated carbocycles. The van der Waals surface area contributed by atoms with Gasteiger partial charge in [-0.3, -0.25) is 9.55 Å².